The highest BCUT2D eigenvalue weighted by Crippen LogP contribution is 2.11. The van der Waals surface area contributed by atoms with Gasteiger partial charge in [-0.15, -0.1) is 0 Å². The Kier molecular flexibility index (Phi) is 3.83. The molecular weight excluding hydrogens is 142 g/mol. The van der Waals surface area contributed by atoms with Crippen LogP contribution in [0.5, 0.6) is 0 Å². The minimum Gasteiger partial charge on any atom is -0.349 e. The van der Waals surface area contributed by atoms with E-state index >= 15 is 0 Å². The highest BCUT2D eigenvalue weighted by molar-refractivity contribution is 4.68. The van der Waals surface area contributed by atoms with Crippen LogP contribution in [0.2, 0.25) is 0 Å². The first-order chi connectivity index (χ1) is 5.34. The molecule has 1 aliphatic heterocycles. The highest BCUT2D eigenvalue weighted by atomic mass is 16.7. The Morgan fingerprint density at radius 3 is 2.64 bits per heavy atom. The Bertz CT molecular complexity index is 102. The zero-order valence-corrected chi connectivity index (χ0v) is 7.08. The zero-order valence-electron chi connectivity index (χ0n) is 7.08. The molecule has 0 aromatic carbocycles. The molecule has 0 amide bonds. The molecule has 1 saturated heterocycles. The monoisotopic (exact) mass is 159 g/mol. The molecule has 0 radical (unpaired) electrons. The summed E-state index contributed by atoms with van der Waals surface area (Å²) in [6.45, 7) is 3.55. The van der Waals surface area contributed by atoms with Crippen LogP contribution < -0.4 is 5.73 Å². The fourth-order valence-electron chi connectivity index (χ4n) is 1.20. The van der Waals surface area contributed by atoms with Crippen molar-refractivity contribution in [1.82, 2.24) is 0 Å². The molecule has 0 bridgehead atoms. The molecule has 0 aromatic heterocycles. The second-order valence-corrected chi connectivity index (χ2v) is 2.92. The van der Waals surface area contributed by atoms with Gasteiger partial charge in [0.15, 0.2) is 6.29 Å². The molecule has 66 valence electrons. The molecule has 1 fully saturated rings. The highest BCUT2D eigenvalue weighted by Gasteiger charge is 2.22. The molecule has 1 rings (SSSR count). The van der Waals surface area contributed by atoms with Crippen LogP contribution in [0.1, 0.15) is 26.2 Å². The van der Waals surface area contributed by atoms with E-state index in [2.05, 4.69) is 6.92 Å². The van der Waals surface area contributed by atoms with E-state index < -0.39 is 0 Å². The number of hydrogen-bond donors (Lipinski definition) is 1. The fraction of sp³-hybridized carbons (Fsp3) is 1.00. The van der Waals surface area contributed by atoms with Crippen molar-refractivity contribution < 1.29 is 9.47 Å². The van der Waals surface area contributed by atoms with Crippen molar-refractivity contribution in [2.75, 3.05) is 13.2 Å². The van der Waals surface area contributed by atoms with Crippen molar-refractivity contribution in [3.63, 3.8) is 0 Å². The van der Waals surface area contributed by atoms with Crippen molar-refractivity contribution >= 4 is 0 Å². The molecule has 0 aromatic rings. The molecule has 0 unspecified atom stereocenters. The second-order valence-electron chi connectivity index (χ2n) is 2.92. The number of nitrogens with two attached hydrogens (primary N) is 1. The first kappa shape index (κ1) is 8.97. The van der Waals surface area contributed by atoms with Crippen LogP contribution in [-0.4, -0.2) is 25.5 Å². The van der Waals surface area contributed by atoms with Gasteiger partial charge in [0, 0.05) is 0 Å². The minimum absolute atomic E-state index is 0.0671. The van der Waals surface area contributed by atoms with Gasteiger partial charge in [-0.1, -0.05) is 19.8 Å². The third-order valence-corrected chi connectivity index (χ3v) is 1.89. The Morgan fingerprint density at radius 2 is 2.09 bits per heavy atom. The maximum atomic E-state index is 5.82. The Labute approximate surface area is 67.9 Å². The van der Waals surface area contributed by atoms with Crippen LogP contribution in [0.3, 0.4) is 0 Å². The summed E-state index contributed by atoms with van der Waals surface area (Å²) in [5, 5.41) is 0. The molecule has 1 atom stereocenters. The molecule has 3 nitrogen and oxygen atoms in total. The van der Waals surface area contributed by atoms with Gasteiger partial charge in [0.25, 0.3) is 0 Å². The topological polar surface area (TPSA) is 44.5 Å². The lowest BCUT2D eigenvalue weighted by molar-refractivity contribution is -0.0606. The standard InChI is InChI=1S/C8H17NO2/c1-2-3-4-7(9)8-10-5-6-11-8/h7-8H,2-6,9H2,1H3/t7-/m1/s1. The summed E-state index contributed by atoms with van der Waals surface area (Å²) in [5.41, 5.74) is 5.82. The molecular formula is C8H17NO2. The lowest BCUT2D eigenvalue weighted by Gasteiger charge is -2.16. The summed E-state index contributed by atoms with van der Waals surface area (Å²) in [7, 11) is 0. The Hall–Kier alpha value is -0.120. The Morgan fingerprint density at radius 1 is 1.45 bits per heavy atom. The predicted octanol–water partition coefficient (Wildman–Crippen LogP) is 0.877. The molecule has 0 spiro atoms. The zero-order chi connectivity index (χ0) is 8.10. The molecule has 11 heavy (non-hydrogen) atoms. The largest absolute Gasteiger partial charge is 0.349 e. The molecule has 0 aliphatic carbocycles. The van der Waals surface area contributed by atoms with Gasteiger partial charge >= 0.3 is 0 Å². The van der Waals surface area contributed by atoms with Gasteiger partial charge < -0.3 is 15.2 Å². The Balaban J connectivity index is 2.12. The lowest BCUT2D eigenvalue weighted by Crippen LogP contribution is -2.35. The molecule has 1 aliphatic rings. The van der Waals surface area contributed by atoms with E-state index in [0.29, 0.717) is 13.2 Å². The number of hydrogen-bond acceptors (Lipinski definition) is 3. The van der Waals surface area contributed by atoms with Crippen LogP contribution in [0.4, 0.5) is 0 Å². The molecule has 1 heterocycles. The third-order valence-electron chi connectivity index (χ3n) is 1.89. The summed E-state index contributed by atoms with van der Waals surface area (Å²) in [4.78, 5) is 0. The van der Waals surface area contributed by atoms with Gasteiger partial charge in [-0.3, -0.25) is 0 Å². The maximum absolute atomic E-state index is 5.82. The van der Waals surface area contributed by atoms with E-state index in [1.165, 1.54) is 6.42 Å². The van der Waals surface area contributed by atoms with Crippen molar-refractivity contribution in [2.24, 2.45) is 5.73 Å². The molecule has 0 saturated carbocycles. The van der Waals surface area contributed by atoms with Crippen LogP contribution in [0.15, 0.2) is 0 Å². The molecule has 3 heteroatoms. The van der Waals surface area contributed by atoms with Crippen LogP contribution in [0.25, 0.3) is 0 Å². The van der Waals surface area contributed by atoms with Gasteiger partial charge in [-0.05, 0) is 6.42 Å². The molecule has 2 N–H and O–H groups in total. The summed E-state index contributed by atoms with van der Waals surface area (Å²) in [5.74, 6) is 0. The van der Waals surface area contributed by atoms with Crippen LogP contribution in [0, 0.1) is 0 Å². The predicted molar refractivity (Wildman–Crippen MR) is 43.2 cm³/mol. The first-order valence-electron chi connectivity index (χ1n) is 4.33. The van der Waals surface area contributed by atoms with E-state index in [9.17, 15) is 0 Å². The van der Waals surface area contributed by atoms with E-state index in [4.69, 9.17) is 15.2 Å². The van der Waals surface area contributed by atoms with E-state index in [-0.39, 0.29) is 12.3 Å². The summed E-state index contributed by atoms with van der Waals surface area (Å²) >= 11 is 0. The number of unbranched alkanes of at least 4 members (excludes halogenated alkanes) is 1. The normalized spacial score (nSPS) is 22.4. The van der Waals surface area contributed by atoms with Gasteiger partial charge in [-0.25, -0.2) is 0 Å². The van der Waals surface area contributed by atoms with E-state index in [1.54, 1.807) is 0 Å². The van der Waals surface area contributed by atoms with Crippen LogP contribution >= 0.6 is 0 Å². The summed E-state index contributed by atoms with van der Waals surface area (Å²) in [6, 6.07) is 0.0671. The smallest absolute Gasteiger partial charge is 0.172 e. The van der Waals surface area contributed by atoms with Gasteiger partial charge in [0.2, 0.25) is 0 Å². The van der Waals surface area contributed by atoms with E-state index in [0.717, 1.165) is 12.8 Å². The maximum Gasteiger partial charge on any atom is 0.172 e. The number of ether oxygens (including phenoxy) is 2. The van der Waals surface area contributed by atoms with Crippen molar-refractivity contribution in [2.45, 2.75) is 38.5 Å². The summed E-state index contributed by atoms with van der Waals surface area (Å²) in [6.07, 6.45) is 3.20. The quantitative estimate of drug-likeness (QED) is 0.662. The van der Waals surface area contributed by atoms with Gasteiger partial charge in [0.1, 0.15) is 0 Å². The van der Waals surface area contributed by atoms with Gasteiger partial charge in [0.05, 0.1) is 19.3 Å². The van der Waals surface area contributed by atoms with Crippen molar-refractivity contribution in [1.29, 1.82) is 0 Å². The lowest BCUT2D eigenvalue weighted by atomic mass is 10.1. The fourth-order valence-corrected chi connectivity index (χ4v) is 1.20. The van der Waals surface area contributed by atoms with Crippen molar-refractivity contribution in [3.05, 3.63) is 0 Å². The first-order valence-corrected chi connectivity index (χ1v) is 4.33. The second kappa shape index (κ2) is 4.70. The summed E-state index contributed by atoms with van der Waals surface area (Å²) < 4.78 is 10.5. The minimum atomic E-state index is -0.137. The van der Waals surface area contributed by atoms with Gasteiger partial charge in [-0.2, -0.15) is 0 Å². The van der Waals surface area contributed by atoms with E-state index in [1.807, 2.05) is 0 Å². The number of rotatable bonds is 4. The average molecular weight is 159 g/mol. The van der Waals surface area contributed by atoms with Crippen molar-refractivity contribution in [3.8, 4) is 0 Å². The SMILES string of the molecule is CCCC[C@@H](N)C1OCCO1. The third kappa shape index (κ3) is 2.77. The average Bonchev–Trinajstić information content (AvgIpc) is 2.52. The van der Waals surface area contributed by atoms with Crippen LogP contribution in [-0.2, 0) is 9.47 Å².